The first-order chi connectivity index (χ1) is 19.3. The molecule has 0 spiro atoms. The highest BCUT2D eigenvalue weighted by molar-refractivity contribution is 5.78. The smallest absolute Gasteiger partial charge is 0.407 e. The van der Waals surface area contributed by atoms with Crippen molar-refractivity contribution in [3.05, 3.63) is 88.7 Å². The number of fused-ring (bicyclic) bond motifs is 1. The molecule has 3 aromatic rings. The fourth-order valence-electron chi connectivity index (χ4n) is 5.07. The first kappa shape index (κ1) is 27.2. The number of amides is 2. The number of benzene rings is 3. The molecule has 0 bridgehead atoms. The minimum absolute atomic E-state index is 0.125. The summed E-state index contributed by atoms with van der Waals surface area (Å²) < 4.78 is 59.2. The third kappa shape index (κ3) is 6.08. The number of nitrogens with zero attached hydrogens (tertiary/aromatic N) is 1. The molecule has 0 aliphatic carbocycles. The Morgan fingerprint density at radius 3 is 2.55 bits per heavy atom. The van der Waals surface area contributed by atoms with E-state index in [1.54, 1.807) is 30.3 Å². The van der Waals surface area contributed by atoms with Gasteiger partial charge < -0.3 is 29.5 Å². The molecule has 0 saturated carbocycles. The Labute approximate surface area is 228 Å². The second-order valence-electron chi connectivity index (χ2n) is 9.71. The van der Waals surface area contributed by atoms with E-state index in [2.05, 4.69) is 5.32 Å². The lowest BCUT2D eigenvalue weighted by atomic mass is 9.80. The number of rotatable bonds is 8. The number of halogens is 3. The van der Waals surface area contributed by atoms with Crippen molar-refractivity contribution in [1.29, 1.82) is 0 Å². The molecule has 0 radical (unpaired) electrons. The van der Waals surface area contributed by atoms with Crippen molar-refractivity contribution >= 4 is 12.0 Å². The third-order valence-corrected chi connectivity index (χ3v) is 7.19. The van der Waals surface area contributed by atoms with Crippen LogP contribution < -0.4 is 19.5 Å². The van der Waals surface area contributed by atoms with Crippen LogP contribution in [-0.4, -0.2) is 48.5 Å². The molecule has 0 aromatic heterocycles. The summed E-state index contributed by atoms with van der Waals surface area (Å²) in [6.07, 6.45) is -0.887. The van der Waals surface area contributed by atoms with Crippen LogP contribution in [0.2, 0.25) is 0 Å². The van der Waals surface area contributed by atoms with Gasteiger partial charge in [-0.3, -0.25) is 4.79 Å². The number of ether oxygens (including phenoxy) is 3. The molecule has 2 N–H and O–H groups in total. The highest BCUT2D eigenvalue weighted by Crippen LogP contribution is 2.37. The number of carbonyl (C=O) groups excluding carboxylic acids is 1. The van der Waals surface area contributed by atoms with Gasteiger partial charge in [0, 0.05) is 37.2 Å². The van der Waals surface area contributed by atoms with Crippen LogP contribution in [0.25, 0.3) is 0 Å². The zero-order valence-corrected chi connectivity index (χ0v) is 21.4. The number of carbonyl (C=O) groups is 2. The predicted octanol–water partition coefficient (Wildman–Crippen LogP) is 4.85. The lowest BCUT2D eigenvalue weighted by Gasteiger charge is -2.37. The van der Waals surface area contributed by atoms with Crippen LogP contribution in [0.5, 0.6) is 17.2 Å². The van der Waals surface area contributed by atoms with E-state index < -0.39 is 29.5 Å². The van der Waals surface area contributed by atoms with Gasteiger partial charge in [-0.05, 0) is 53.8 Å². The van der Waals surface area contributed by atoms with Gasteiger partial charge in [0.25, 0.3) is 0 Å². The van der Waals surface area contributed by atoms with Crippen LogP contribution in [0.1, 0.15) is 29.0 Å². The average Bonchev–Trinajstić information content (AvgIpc) is 3.41. The summed E-state index contributed by atoms with van der Waals surface area (Å²) in [7, 11) is 0. The van der Waals surface area contributed by atoms with Gasteiger partial charge in [-0.25, -0.2) is 18.0 Å². The maximum atomic E-state index is 14.7. The number of hydrogen-bond acceptors (Lipinski definition) is 5. The van der Waals surface area contributed by atoms with Crippen LogP contribution in [-0.2, 0) is 17.8 Å². The molecule has 40 heavy (non-hydrogen) atoms. The molecule has 210 valence electrons. The van der Waals surface area contributed by atoms with E-state index in [0.717, 1.165) is 17.7 Å². The summed E-state index contributed by atoms with van der Waals surface area (Å²) in [6, 6.07) is 13.1. The standard InChI is InChI=1S/C29H27F3N2O6/c30-23-6-4-17(10-18(23)11-28(35)33-13-22-24(31)2-1-3-25(22)32)21-8-9-34(29(36)37)14-19(21)15-38-20-5-7-26-27(12-20)40-16-39-26/h1-7,10,12,19,21H,8-9,11,13-16H2,(H,33,35)(H,36,37). The van der Waals surface area contributed by atoms with Crippen molar-refractivity contribution in [3.63, 3.8) is 0 Å². The Morgan fingerprint density at radius 1 is 1.00 bits per heavy atom. The lowest BCUT2D eigenvalue weighted by molar-refractivity contribution is -0.120. The molecular formula is C29H27F3N2O6. The molecule has 11 heteroatoms. The van der Waals surface area contributed by atoms with Gasteiger partial charge in [-0.15, -0.1) is 0 Å². The summed E-state index contributed by atoms with van der Waals surface area (Å²) in [5.74, 6) is -1.46. The molecule has 8 nitrogen and oxygen atoms in total. The molecule has 3 aromatic carbocycles. The third-order valence-electron chi connectivity index (χ3n) is 7.19. The first-order valence-electron chi connectivity index (χ1n) is 12.8. The van der Waals surface area contributed by atoms with E-state index in [4.69, 9.17) is 14.2 Å². The topological polar surface area (TPSA) is 97.3 Å². The van der Waals surface area contributed by atoms with Crippen molar-refractivity contribution in [2.45, 2.75) is 25.3 Å². The Morgan fingerprint density at radius 2 is 1.77 bits per heavy atom. The molecule has 5 rings (SSSR count). The molecule has 1 fully saturated rings. The largest absolute Gasteiger partial charge is 0.493 e. The summed E-state index contributed by atoms with van der Waals surface area (Å²) >= 11 is 0. The highest BCUT2D eigenvalue weighted by Gasteiger charge is 2.33. The van der Waals surface area contributed by atoms with Crippen LogP contribution >= 0.6 is 0 Å². The summed E-state index contributed by atoms with van der Waals surface area (Å²) in [4.78, 5) is 25.5. The van der Waals surface area contributed by atoms with Crippen molar-refractivity contribution in [1.82, 2.24) is 10.2 Å². The second-order valence-corrected chi connectivity index (χ2v) is 9.71. The first-order valence-corrected chi connectivity index (χ1v) is 12.8. The molecule has 1 saturated heterocycles. The zero-order valence-electron chi connectivity index (χ0n) is 21.4. The van der Waals surface area contributed by atoms with E-state index >= 15 is 0 Å². The Hall–Kier alpha value is -4.41. The summed E-state index contributed by atoms with van der Waals surface area (Å²) in [6.45, 7) is 0.455. The van der Waals surface area contributed by atoms with Crippen molar-refractivity contribution in [2.75, 3.05) is 26.5 Å². The lowest BCUT2D eigenvalue weighted by Crippen LogP contribution is -2.44. The second kappa shape index (κ2) is 11.8. The van der Waals surface area contributed by atoms with Crippen molar-refractivity contribution < 1.29 is 42.1 Å². The Kier molecular flexibility index (Phi) is 7.99. The molecule has 2 unspecified atom stereocenters. The van der Waals surface area contributed by atoms with E-state index in [9.17, 15) is 27.9 Å². The Bertz CT molecular complexity index is 1400. The predicted molar refractivity (Wildman–Crippen MR) is 137 cm³/mol. The minimum atomic E-state index is -1.03. The maximum absolute atomic E-state index is 14.7. The van der Waals surface area contributed by atoms with Gasteiger partial charge in [0.2, 0.25) is 12.7 Å². The van der Waals surface area contributed by atoms with Gasteiger partial charge in [0.1, 0.15) is 23.2 Å². The molecule has 2 heterocycles. The van der Waals surface area contributed by atoms with E-state index in [-0.39, 0.29) is 55.9 Å². The fourth-order valence-corrected chi connectivity index (χ4v) is 5.07. The maximum Gasteiger partial charge on any atom is 0.407 e. The normalized spacial score (nSPS) is 17.9. The van der Waals surface area contributed by atoms with Gasteiger partial charge in [0.05, 0.1) is 13.0 Å². The Balaban J connectivity index is 1.29. The molecule has 2 aliphatic heterocycles. The number of likely N-dealkylation sites (tertiary alicyclic amines) is 1. The molecule has 2 aliphatic rings. The summed E-state index contributed by atoms with van der Waals surface area (Å²) in [5, 5.41) is 12.0. The zero-order chi connectivity index (χ0) is 28.2. The van der Waals surface area contributed by atoms with E-state index in [1.807, 2.05) is 0 Å². The SMILES string of the molecule is O=C(Cc1cc(C2CCN(C(=O)O)CC2COc2ccc3c(c2)OCO3)ccc1F)NCc1c(F)cccc1F. The van der Waals surface area contributed by atoms with Crippen LogP contribution in [0.15, 0.2) is 54.6 Å². The highest BCUT2D eigenvalue weighted by atomic mass is 19.1. The van der Waals surface area contributed by atoms with Crippen molar-refractivity contribution in [2.24, 2.45) is 5.92 Å². The number of nitrogens with one attached hydrogen (secondary N) is 1. The average molecular weight is 557 g/mol. The van der Waals surface area contributed by atoms with Gasteiger partial charge in [-0.2, -0.15) is 0 Å². The van der Waals surface area contributed by atoms with Crippen molar-refractivity contribution in [3.8, 4) is 17.2 Å². The number of carboxylic acid groups (broad SMARTS) is 1. The van der Waals surface area contributed by atoms with E-state index in [1.165, 1.54) is 17.0 Å². The molecule has 2 atom stereocenters. The monoisotopic (exact) mass is 556 g/mol. The summed E-state index contributed by atoms with van der Waals surface area (Å²) in [5.41, 5.74) is 0.592. The molecular weight excluding hydrogens is 529 g/mol. The van der Waals surface area contributed by atoms with Gasteiger partial charge in [0.15, 0.2) is 11.5 Å². The van der Waals surface area contributed by atoms with Gasteiger partial charge >= 0.3 is 6.09 Å². The van der Waals surface area contributed by atoms with Crippen LogP contribution in [0, 0.1) is 23.4 Å². The fraction of sp³-hybridized carbons (Fsp3) is 0.310. The van der Waals surface area contributed by atoms with E-state index in [0.29, 0.717) is 30.2 Å². The van der Waals surface area contributed by atoms with Crippen LogP contribution in [0.3, 0.4) is 0 Å². The number of hydrogen-bond donors (Lipinski definition) is 2. The number of piperidine rings is 1. The molecule has 2 amide bonds. The van der Waals surface area contributed by atoms with Gasteiger partial charge in [-0.1, -0.05) is 18.2 Å². The quantitative estimate of drug-likeness (QED) is 0.412. The minimum Gasteiger partial charge on any atom is -0.493 e. The van der Waals surface area contributed by atoms with Crippen LogP contribution in [0.4, 0.5) is 18.0 Å².